The van der Waals surface area contributed by atoms with Crippen LogP contribution in [0, 0.1) is 5.82 Å². The summed E-state index contributed by atoms with van der Waals surface area (Å²) >= 11 is 5.79. The summed E-state index contributed by atoms with van der Waals surface area (Å²) < 4.78 is 19.3. The number of nitrogens with zero attached hydrogens (tertiary/aromatic N) is 2. The molecule has 0 atom stereocenters. The number of nitrogens with two attached hydrogens (primary N) is 1. The van der Waals surface area contributed by atoms with Crippen LogP contribution in [0.1, 0.15) is 0 Å². The highest BCUT2D eigenvalue weighted by molar-refractivity contribution is 6.31. The van der Waals surface area contributed by atoms with Crippen LogP contribution in [-0.2, 0) is 0 Å². The summed E-state index contributed by atoms with van der Waals surface area (Å²) in [7, 11) is 0. The first-order valence-corrected chi connectivity index (χ1v) is 6.16. The van der Waals surface area contributed by atoms with Crippen LogP contribution in [0.25, 0.3) is 22.5 Å². The van der Waals surface area contributed by atoms with E-state index in [0.717, 1.165) is 5.56 Å². The van der Waals surface area contributed by atoms with Gasteiger partial charge in [0.05, 0.1) is 16.1 Å². The Bertz CT molecular complexity index is 758. The highest BCUT2D eigenvalue weighted by Gasteiger charge is 2.21. The smallest absolute Gasteiger partial charge is 0.179 e. The molecule has 100 valence electrons. The van der Waals surface area contributed by atoms with E-state index < -0.39 is 5.82 Å². The second kappa shape index (κ2) is 4.94. The van der Waals surface area contributed by atoms with Crippen molar-refractivity contribution in [2.45, 2.75) is 0 Å². The molecule has 2 N–H and O–H groups in total. The van der Waals surface area contributed by atoms with Crippen LogP contribution >= 0.6 is 11.6 Å². The van der Waals surface area contributed by atoms with Crippen LogP contribution in [0.2, 0.25) is 5.02 Å². The minimum Gasteiger partial charge on any atom is -0.380 e. The highest BCUT2D eigenvalue weighted by atomic mass is 35.5. The third-order valence-corrected chi connectivity index (χ3v) is 3.18. The van der Waals surface area contributed by atoms with Crippen molar-refractivity contribution in [3.05, 3.63) is 53.6 Å². The number of halogens is 2. The van der Waals surface area contributed by atoms with E-state index in [0.29, 0.717) is 5.56 Å². The molecule has 4 nitrogen and oxygen atoms in total. The molecular weight excluding hydrogens is 281 g/mol. The normalized spacial score (nSPS) is 10.7. The Morgan fingerprint density at radius 1 is 1.15 bits per heavy atom. The zero-order chi connectivity index (χ0) is 14.1. The Labute approximate surface area is 119 Å². The zero-order valence-electron chi connectivity index (χ0n) is 10.2. The molecule has 6 heteroatoms. The Morgan fingerprint density at radius 3 is 2.65 bits per heavy atom. The number of aromatic nitrogens is 2. The molecule has 2 heterocycles. The van der Waals surface area contributed by atoms with Crippen molar-refractivity contribution in [3.63, 3.8) is 0 Å². The Morgan fingerprint density at radius 2 is 1.90 bits per heavy atom. The molecule has 0 fully saturated rings. The van der Waals surface area contributed by atoms with Crippen LogP contribution in [0.15, 0.2) is 47.2 Å². The summed E-state index contributed by atoms with van der Waals surface area (Å²) in [6, 6.07) is 8.15. The van der Waals surface area contributed by atoms with Gasteiger partial charge in [-0.25, -0.2) is 4.39 Å². The van der Waals surface area contributed by atoms with Gasteiger partial charge in [0, 0.05) is 12.4 Å². The molecule has 2 aromatic heterocycles. The SMILES string of the molecule is Nc1noc(-c2cccc(Cl)c2F)c1-c1ccncc1. The van der Waals surface area contributed by atoms with Crippen molar-refractivity contribution in [2.24, 2.45) is 0 Å². The van der Waals surface area contributed by atoms with Gasteiger partial charge in [-0.2, -0.15) is 0 Å². The number of hydrogen-bond donors (Lipinski definition) is 1. The lowest BCUT2D eigenvalue weighted by molar-refractivity contribution is 0.433. The van der Waals surface area contributed by atoms with Gasteiger partial charge in [0.25, 0.3) is 0 Å². The van der Waals surface area contributed by atoms with Crippen LogP contribution in [-0.4, -0.2) is 10.1 Å². The molecule has 0 unspecified atom stereocenters. The fourth-order valence-electron chi connectivity index (χ4n) is 1.96. The van der Waals surface area contributed by atoms with Crippen molar-refractivity contribution in [1.82, 2.24) is 10.1 Å². The predicted octanol–water partition coefficient (Wildman–Crippen LogP) is 3.78. The van der Waals surface area contributed by atoms with E-state index >= 15 is 0 Å². The molecule has 3 aromatic rings. The van der Waals surface area contributed by atoms with E-state index in [1.54, 1.807) is 36.7 Å². The molecule has 0 aliphatic rings. The van der Waals surface area contributed by atoms with Crippen LogP contribution < -0.4 is 5.73 Å². The maximum atomic E-state index is 14.1. The summed E-state index contributed by atoms with van der Waals surface area (Å²) in [5.74, 6) is -0.139. The number of rotatable bonds is 2. The van der Waals surface area contributed by atoms with Gasteiger partial charge < -0.3 is 10.3 Å². The average Bonchev–Trinajstić information content (AvgIpc) is 2.84. The Balaban J connectivity index is 2.24. The lowest BCUT2D eigenvalue weighted by Crippen LogP contribution is -1.90. The minimum atomic E-state index is -0.569. The average molecular weight is 290 g/mol. The number of pyridine rings is 1. The van der Waals surface area contributed by atoms with Crippen molar-refractivity contribution >= 4 is 17.4 Å². The predicted molar refractivity (Wildman–Crippen MR) is 74.6 cm³/mol. The van der Waals surface area contributed by atoms with Gasteiger partial charge >= 0.3 is 0 Å². The minimum absolute atomic E-state index is 0.0122. The zero-order valence-corrected chi connectivity index (χ0v) is 10.9. The number of benzene rings is 1. The topological polar surface area (TPSA) is 64.9 Å². The molecule has 0 bridgehead atoms. The van der Waals surface area contributed by atoms with Gasteiger partial charge in [0.2, 0.25) is 0 Å². The fourth-order valence-corrected chi connectivity index (χ4v) is 2.14. The van der Waals surface area contributed by atoms with Crippen LogP contribution in [0.4, 0.5) is 10.2 Å². The Hall–Kier alpha value is -2.40. The largest absolute Gasteiger partial charge is 0.380 e. The van der Waals surface area contributed by atoms with Crippen LogP contribution in [0.5, 0.6) is 0 Å². The third-order valence-electron chi connectivity index (χ3n) is 2.88. The highest BCUT2D eigenvalue weighted by Crippen LogP contribution is 2.38. The quantitative estimate of drug-likeness (QED) is 0.780. The molecule has 0 aliphatic heterocycles. The van der Waals surface area contributed by atoms with Crippen molar-refractivity contribution in [3.8, 4) is 22.5 Å². The molecule has 0 radical (unpaired) electrons. The van der Waals surface area contributed by atoms with E-state index in [4.69, 9.17) is 21.9 Å². The number of nitrogen functional groups attached to an aromatic ring is 1. The van der Waals surface area contributed by atoms with Gasteiger partial charge in [-0.1, -0.05) is 22.8 Å². The first kappa shape index (κ1) is 12.6. The molecular formula is C14H9ClFN3O. The third kappa shape index (κ3) is 2.02. The van der Waals surface area contributed by atoms with Crippen molar-refractivity contribution in [1.29, 1.82) is 0 Å². The van der Waals surface area contributed by atoms with Gasteiger partial charge in [-0.15, -0.1) is 0 Å². The monoisotopic (exact) mass is 289 g/mol. The number of anilines is 1. The molecule has 0 aliphatic carbocycles. The van der Waals surface area contributed by atoms with Crippen molar-refractivity contribution in [2.75, 3.05) is 5.73 Å². The Kier molecular flexibility index (Phi) is 3.12. The molecule has 3 rings (SSSR count). The van der Waals surface area contributed by atoms with Gasteiger partial charge in [0.1, 0.15) is 0 Å². The summed E-state index contributed by atoms with van der Waals surface area (Å²) in [6.45, 7) is 0. The number of hydrogen-bond acceptors (Lipinski definition) is 4. The van der Waals surface area contributed by atoms with E-state index in [1.807, 2.05) is 0 Å². The summed E-state index contributed by atoms with van der Waals surface area (Å²) in [5.41, 5.74) is 7.30. The molecule has 0 spiro atoms. The van der Waals surface area contributed by atoms with Gasteiger partial charge in [-0.05, 0) is 29.8 Å². The van der Waals surface area contributed by atoms with E-state index in [1.165, 1.54) is 6.07 Å². The van der Waals surface area contributed by atoms with E-state index in [2.05, 4.69) is 10.1 Å². The summed E-state index contributed by atoms with van der Waals surface area (Å²) in [4.78, 5) is 3.93. The van der Waals surface area contributed by atoms with E-state index in [-0.39, 0.29) is 22.2 Å². The lowest BCUT2D eigenvalue weighted by atomic mass is 10.0. The lowest BCUT2D eigenvalue weighted by Gasteiger charge is -2.04. The standard InChI is InChI=1S/C14H9ClFN3O/c15-10-3-1-2-9(12(10)16)13-11(14(17)19-20-13)8-4-6-18-7-5-8/h1-7H,(H2,17,19). The van der Waals surface area contributed by atoms with Crippen molar-refractivity contribution < 1.29 is 8.91 Å². The fraction of sp³-hybridized carbons (Fsp3) is 0. The molecule has 0 amide bonds. The van der Waals surface area contributed by atoms with Crippen LogP contribution in [0.3, 0.4) is 0 Å². The summed E-state index contributed by atoms with van der Waals surface area (Å²) in [5, 5.41) is 3.72. The first-order chi connectivity index (χ1) is 9.68. The second-order valence-corrected chi connectivity index (χ2v) is 4.52. The maximum absolute atomic E-state index is 14.1. The molecule has 0 saturated carbocycles. The molecule has 0 saturated heterocycles. The summed E-state index contributed by atoms with van der Waals surface area (Å²) in [6.07, 6.45) is 3.22. The first-order valence-electron chi connectivity index (χ1n) is 5.78. The van der Waals surface area contributed by atoms with E-state index in [9.17, 15) is 4.39 Å². The maximum Gasteiger partial charge on any atom is 0.179 e. The molecule has 1 aromatic carbocycles. The molecule has 20 heavy (non-hydrogen) atoms. The van der Waals surface area contributed by atoms with Gasteiger partial charge in [-0.3, -0.25) is 4.98 Å². The second-order valence-electron chi connectivity index (χ2n) is 4.11. The van der Waals surface area contributed by atoms with Gasteiger partial charge in [0.15, 0.2) is 17.4 Å².